The zero-order valence-electron chi connectivity index (χ0n) is 16.6. The number of nitrogens with one attached hydrogen (secondary N) is 2. The zero-order valence-corrected chi connectivity index (χ0v) is 16.6. The highest BCUT2D eigenvalue weighted by atomic mass is 16.5. The molecule has 4 heterocycles. The Labute approximate surface area is 171 Å². The Hall–Kier alpha value is -4.21. The van der Waals surface area contributed by atoms with Gasteiger partial charge in [-0.1, -0.05) is 6.07 Å². The van der Waals surface area contributed by atoms with Gasteiger partial charge in [0.15, 0.2) is 11.4 Å². The number of rotatable bonds is 6. The first-order valence-corrected chi connectivity index (χ1v) is 9.02. The van der Waals surface area contributed by atoms with Crippen molar-refractivity contribution in [1.82, 2.24) is 29.9 Å². The van der Waals surface area contributed by atoms with Gasteiger partial charge in [-0.05, 0) is 30.3 Å². The van der Waals surface area contributed by atoms with E-state index in [-0.39, 0.29) is 5.91 Å². The van der Waals surface area contributed by atoms with Crippen LogP contribution in [0.1, 0.15) is 10.5 Å². The van der Waals surface area contributed by atoms with Gasteiger partial charge in [-0.25, -0.2) is 14.5 Å². The molecule has 2 N–H and O–H groups in total. The molecule has 4 rings (SSSR count). The topological polar surface area (TPSA) is 116 Å². The number of amides is 1. The maximum atomic E-state index is 11.8. The first-order chi connectivity index (χ1) is 14.6. The van der Waals surface area contributed by atoms with Gasteiger partial charge in [0.05, 0.1) is 14.2 Å². The monoisotopic (exact) mass is 405 g/mol. The van der Waals surface area contributed by atoms with Gasteiger partial charge in [-0.15, -0.1) is 5.10 Å². The number of carbonyl (C=O) groups is 1. The predicted molar refractivity (Wildman–Crippen MR) is 110 cm³/mol. The van der Waals surface area contributed by atoms with E-state index in [9.17, 15) is 4.79 Å². The molecular weight excluding hydrogens is 386 g/mol. The second-order valence-electron chi connectivity index (χ2n) is 6.20. The number of nitrogens with zero attached hydrogens (tertiary/aromatic N) is 5. The maximum Gasteiger partial charge on any atom is 0.269 e. The van der Waals surface area contributed by atoms with Gasteiger partial charge < -0.3 is 20.1 Å². The van der Waals surface area contributed by atoms with Crippen LogP contribution in [0.2, 0.25) is 0 Å². The van der Waals surface area contributed by atoms with Crippen molar-refractivity contribution < 1.29 is 14.3 Å². The van der Waals surface area contributed by atoms with Crippen molar-refractivity contribution in [3.05, 3.63) is 54.5 Å². The number of methoxy groups -OCH3 is 2. The predicted octanol–water partition coefficient (Wildman–Crippen LogP) is 2.31. The summed E-state index contributed by atoms with van der Waals surface area (Å²) in [4.78, 5) is 24.7. The molecule has 0 spiro atoms. The number of hydrogen-bond donors (Lipinski definition) is 2. The van der Waals surface area contributed by atoms with E-state index in [4.69, 9.17) is 9.47 Å². The van der Waals surface area contributed by atoms with Crippen molar-refractivity contribution in [2.45, 2.75) is 0 Å². The van der Waals surface area contributed by atoms with Gasteiger partial charge >= 0.3 is 0 Å². The molecular formula is C20H19N7O3. The Bertz CT molecular complexity index is 1220. The van der Waals surface area contributed by atoms with Crippen molar-refractivity contribution in [3.8, 4) is 22.8 Å². The van der Waals surface area contributed by atoms with E-state index in [1.165, 1.54) is 0 Å². The summed E-state index contributed by atoms with van der Waals surface area (Å²) < 4.78 is 12.2. The second kappa shape index (κ2) is 8.03. The van der Waals surface area contributed by atoms with Gasteiger partial charge in [-0.2, -0.15) is 4.98 Å². The number of pyridine rings is 3. The van der Waals surface area contributed by atoms with Crippen molar-refractivity contribution in [1.29, 1.82) is 0 Å². The van der Waals surface area contributed by atoms with Crippen molar-refractivity contribution in [2.75, 3.05) is 26.6 Å². The van der Waals surface area contributed by atoms with Crippen LogP contribution in [0.15, 0.2) is 48.8 Å². The van der Waals surface area contributed by atoms with Crippen molar-refractivity contribution in [2.24, 2.45) is 0 Å². The SMILES string of the molecule is CNC(=O)c1cccc(Nc2nc3ccc(-c4cnc(OC)c(OC)c4)cn3n2)n1. The minimum atomic E-state index is -0.269. The molecule has 30 heavy (non-hydrogen) atoms. The van der Waals surface area contributed by atoms with Crippen LogP contribution in [-0.4, -0.2) is 51.7 Å². The summed E-state index contributed by atoms with van der Waals surface area (Å²) in [6, 6.07) is 10.7. The van der Waals surface area contributed by atoms with Crippen molar-refractivity contribution in [3.63, 3.8) is 0 Å². The number of hydrogen-bond acceptors (Lipinski definition) is 8. The lowest BCUT2D eigenvalue weighted by molar-refractivity contribution is 0.0958. The summed E-state index contributed by atoms with van der Waals surface area (Å²) >= 11 is 0. The third-order valence-corrected chi connectivity index (χ3v) is 4.34. The highest BCUT2D eigenvalue weighted by Crippen LogP contribution is 2.30. The van der Waals surface area contributed by atoms with Crippen LogP contribution in [-0.2, 0) is 0 Å². The van der Waals surface area contributed by atoms with Gasteiger partial charge in [0.2, 0.25) is 5.95 Å². The van der Waals surface area contributed by atoms with E-state index in [1.807, 2.05) is 24.4 Å². The molecule has 0 aromatic carbocycles. The molecule has 10 heteroatoms. The average molecular weight is 405 g/mol. The molecule has 0 fully saturated rings. The molecule has 152 valence electrons. The van der Waals surface area contributed by atoms with Gasteiger partial charge in [0.1, 0.15) is 11.5 Å². The second-order valence-corrected chi connectivity index (χ2v) is 6.20. The lowest BCUT2D eigenvalue weighted by atomic mass is 10.1. The highest BCUT2D eigenvalue weighted by Gasteiger charge is 2.11. The van der Waals surface area contributed by atoms with E-state index in [0.29, 0.717) is 34.7 Å². The minimum absolute atomic E-state index is 0.269. The average Bonchev–Trinajstić information content (AvgIpc) is 3.19. The normalized spacial score (nSPS) is 10.6. The number of carbonyl (C=O) groups excluding carboxylic acids is 1. The molecule has 0 saturated carbocycles. The summed E-state index contributed by atoms with van der Waals surface area (Å²) in [7, 11) is 4.66. The van der Waals surface area contributed by atoms with E-state index >= 15 is 0 Å². The van der Waals surface area contributed by atoms with Gasteiger partial charge in [0, 0.05) is 30.6 Å². The lowest BCUT2D eigenvalue weighted by Gasteiger charge is -2.08. The van der Waals surface area contributed by atoms with E-state index < -0.39 is 0 Å². The van der Waals surface area contributed by atoms with Gasteiger partial charge in [0.25, 0.3) is 11.8 Å². The lowest BCUT2D eigenvalue weighted by Crippen LogP contribution is -2.19. The first kappa shape index (κ1) is 19.1. The number of fused-ring (bicyclic) bond motifs is 1. The summed E-state index contributed by atoms with van der Waals surface area (Å²) in [6.45, 7) is 0. The molecule has 0 radical (unpaired) electrons. The molecule has 10 nitrogen and oxygen atoms in total. The third-order valence-electron chi connectivity index (χ3n) is 4.34. The molecule has 0 aliphatic heterocycles. The zero-order chi connectivity index (χ0) is 21.1. The van der Waals surface area contributed by atoms with Gasteiger partial charge in [-0.3, -0.25) is 4.79 Å². The first-order valence-electron chi connectivity index (χ1n) is 9.02. The molecule has 0 unspecified atom stereocenters. The van der Waals surface area contributed by atoms with Crippen LogP contribution >= 0.6 is 0 Å². The summed E-state index contributed by atoms with van der Waals surface area (Å²) in [5.74, 6) is 1.52. The summed E-state index contributed by atoms with van der Waals surface area (Å²) in [5, 5.41) is 10.0. The number of ether oxygens (including phenoxy) is 2. The standard InChI is InChI=1S/C20H19N7O3/c1-21-18(28)14-5-4-6-16(23-14)24-20-25-17-8-7-12(11-27(17)26-20)13-9-15(29-2)19(30-3)22-10-13/h4-11H,1-3H3,(H,21,28)(H,23,24,26). The molecule has 0 atom stereocenters. The molecule has 0 saturated heterocycles. The fraction of sp³-hybridized carbons (Fsp3) is 0.150. The fourth-order valence-corrected chi connectivity index (χ4v) is 2.87. The minimum Gasteiger partial charge on any atom is -0.491 e. The summed E-state index contributed by atoms with van der Waals surface area (Å²) in [5.41, 5.74) is 2.68. The molecule has 1 amide bonds. The van der Waals surface area contributed by atoms with Crippen LogP contribution in [0.4, 0.5) is 11.8 Å². The molecule has 0 bridgehead atoms. The van der Waals surface area contributed by atoms with E-state index in [2.05, 4.69) is 30.7 Å². The summed E-state index contributed by atoms with van der Waals surface area (Å²) in [6.07, 6.45) is 3.54. The molecule has 4 aromatic heterocycles. The third kappa shape index (κ3) is 3.70. The quantitative estimate of drug-likeness (QED) is 0.502. The smallest absolute Gasteiger partial charge is 0.269 e. The fourth-order valence-electron chi connectivity index (χ4n) is 2.87. The van der Waals surface area contributed by atoms with Crippen LogP contribution in [0.5, 0.6) is 11.6 Å². The van der Waals surface area contributed by atoms with E-state index in [0.717, 1.165) is 11.1 Å². The Kier molecular flexibility index (Phi) is 5.12. The maximum absolute atomic E-state index is 11.8. The highest BCUT2D eigenvalue weighted by molar-refractivity contribution is 5.92. The van der Waals surface area contributed by atoms with Crippen LogP contribution in [0, 0.1) is 0 Å². The number of aromatic nitrogens is 5. The Balaban J connectivity index is 1.62. The van der Waals surface area contributed by atoms with Crippen LogP contribution in [0.3, 0.4) is 0 Å². The Morgan fingerprint density at radius 3 is 2.70 bits per heavy atom. The largest absolute Gasteiger partial charge is 0.491 e. The Morgan fingerprint density at radius 1 is 1.07 bits per heavy atom. The van der Waals surface area contributed by atoms with E-state index in [1.54, 1.807) is 50.2 Å². The Morgan fingerprint density at radius 2 is 1.93 bits per heavy atom. The van der Waals surface area contributed by atoms with Crippen molar-refractivity contribution >= 4 is 23.3 Å². The number of anilines is 2. The molecule has 0 aliphatic rings. The molecule has 4 aromatic rings. The molecule has 0 aliphatic carbocycles. The van der Waals surface area contributed by atoms with Crippen LogP contribution < -0.4 is 20.1 Å². The van der Waals surface area contributed by atoms with Crippen LogP contribution in [0.25, 0.3) is 16.8 Å².